The highest BCUT2D eigenvalue weighted by Gasteiger charge is 2.18. The number of methoxy groups -OCH3 is 1. The van der Waals surface area contributed by atoms with Crippen LogP contribution in [0, 0.1) is 0 Å². The van der Waals surface area contributed by atoms with Gasteiger partial charge in [0.05, 0.1) is 28.6 Å². The van der Waals surface area contributed by atoms with Crippen molar-refractivity contribution in [3.63, 3.8) is 0 Å². The van der Waals surface area contributed by atoms with Crippen molar-refractivity contribution >= 4 is 55.3 Å². The molecular formula is C16H11BrClNO4. The average Bonchev–Trinajstić information content (AvgIpc) is 2.50. The van der Waals surface area contributed by atoms with Crippen molar-refractivity contribution in [2.24, 2.45) is 0 Å². The normalized spacial score (nSPS) is 11.1. The molecule has 23 heavy (non-hydrogen) atoms. The zero-order valence-corrected chi connectivity index (χ0v) is 14.3. The quantitative estimate of drug-likeness (QED) is 0.686. The minimum absolute atomic E-state index is 0.195. The van der Waals surface area contributed by atoms with Crippen LogP contribution >= 0.6 is 27.5 Å². The van der Waals surface area contributed by atoms with E-state index in [-0.39, 0.29) is 17.7 Å². The van der Waals surface area contributed by atoms with Crippen molar-refractivity contribution in [1.82, 2.24) is 4.57 Å². The third kappa shape index (κ3) is 2.58. The highest BCUT2D eigenvalue weighted by molar-refractivity contribution is 9.10. The number of carboxylic acid groups (broad SMARTS) is 1. The molecule has 1 aromatic heterocycles. The predicted molar refractivity (Wildman–Crippen MR) is 92.6 cm³/mol. The first-order valence-corrected chi connectivity index (χ1v) is 7.81. The summed E-state index contributed by atoms with van der Waals surface area (Å²) in [4.78, 5) is 24.1. The lowest BCUT2D eigenvalue weighted by atomic mass is 10.1. The van der Waals surface area contributed by atoms with Gasteiger partial charge >= 0.3 is 5.97 Å². The van der Waals surface area contributed by atoms with E-state index in [9.17, 15) is 14.7 Å². The van der Waals surface area contributed by atoms with Crippen LogP contribution < -0.4 is 10.2 Å². The van der Waals surface area contributed by atoms with Gasteiger partial charge in [-0.25, -0.2) is 0 Å². The molecule has 0 aliphatic rings. The van der Waals surface area contributed by atoms with Crippen molar-refractivity contribution in [2.45, 2.75) is 6.54 Å². The van der Waals surface area contributed by atoms with Crippen LogP contribution in [0.15, 0.2) is 39.6 Å². The Morgan fingerprint density at radius 1 is 1.30 bits per heavy atom. The molecule has 5 nitrogen and oxygen atoms in total. The van der Waals surface area contributed by atoms with Gasteiger partial charge in [-0.1, -0.05) is 27.5 Å². The van der Waals surface area contributed by atoms with Gasteiger partial charge in [0.15, 0.2) is 11.2 Å². The zero-order chi connectivity index (χ0) is 16.7. The fraction of sp³-hybridized carbons (Fsp3) is 0.125. The molecule has 0 fully saturated rings. The smallest absolute Gasteiger partial charge is 0.323 e. The van der Waals surface area contributed by atoms with Gasteiger partial charge in [-0.2, -0.15) is 0 Å². The summed E-state index contributed by atoms with van der Waals surface area (Å²) in [5.74, 6) is -0.748. The average molecular weight is 397 g/mol. The number of rotatable bonds is 3. The molecule has 0 unspecified atom stereocenters. The van der Waals surface area contributed by atoms with E-state index in [2.05, 4.69) is 15.9 Å². The minimum Gasteiger partial charge on any atom is -0.493 e. The van der Waals surface area contributed by atoms with Crippen molar-refractivity contribution in [3.8, 4) is 5.75 Å². The molecular weight excluding hydrogens is 386 g/mol. The van der Waals surface area contributed by atoms with Gasteiger partial charge in [0.2, 0.25) is 0 Å². The fourth-order valence-corrected chi connectivity index (χ4v) is 3.26. The number of nitrogens with zero attached hydrogens (tertiary/aromatic N) is 1. The Morgan fingerprint density at radius 2 is 2.00 bits per heavy atom. The lowest BCUT2D eigenvalue weighted by molar-refractivity contribution is -0.137. The number of aliphatic carboxylic acids is 1. The number of hydrogen-bond donors (Lipinski definition) is 1. The molecule has 0 radical (unpaired) electrons. The topological polar surface area (TPSA) is 68.5 Å². The third-order valence-electron chi connectivity index (χ3n) is 3.59. The van der Waals surface area contributed by atoms with Crippen LogP contribution in [0.2, 0.25) is 5.02 Å². The zero-order valence-electron chi connectivity index (χ0n) is 12.0. The molecule has 3 aromatic rings. The summed E-state index contributed by atoms with van der Waals surface area (Å²) in [6.07, 6.45) is 0. The molecule has 1 heterocycles. The van der Waals surface area contributed by atoms with Gasteiger partial charge in [-0.3, -0.25) is 9.59 Å². The van der Waals surface area contributed by atoms with Crippen molar-refractivity contribution < 1.29 is 14.6 Å². The van der Waals surface area contributed by atoms with Crippen LogP contribution in [0.3, 0.4) is 0 Å². The van der Waals surface area contributed by atoms with Crippen molar-refractivity contribution in [3.05, 3.63) is 50.1 Å². The van der Waals surface area contributed by atoms with Gasteiger partial charge in [0, 0.05) is 9.86 Å². The molecule has 3 rings (SSSR count). The largest absolute Gasteiger partial charge is 0.493 e. The maximum atomic E-state index is 12.7. The maximum Gasteiger partial charge on any atom is 0.323 e. The van der Waals surface area contributed by atoms with E-state index >= 15 is 0 Å². The summed E-state index contributed by atoms with van der Waals surface area (Å²) in [5, 5.41) is 10.4. The molecule has 7 heteroatoms. The predicted octanol–water partition coefficient (Wildman–Crippen LogP) is 3.66. The Hall–Kier alpha value is -2.05. The van der Waals surface area contributed by atoms with E-state index in [1.165, 1.54) is 11.7 Å². The molecule has 0 bridgehead atoms. The molecule has 2 aromatic carbocycles. The highest BCUT2D eigenvalue weighted by Crippen LogP contribution is 2.34. The number of pyridine rings is 1. The summed E-state index contributed by atoms with van der Waals surface area (Å²) in [6.45, 7) is -0.319. The standard InChI is InChI=1S/C16H11BrClNO4/c1-23-16-11(18)5-4-10-14(16)19(7-13(20)21)12-6-8(17)2-3-9(12)15(10)22/h2-6H,7H2,1H3,(H,20,21). The first-order chi connectivity index (χ1) is 10.9. The van der Waals surface area contributed by atoms with Crippen molar-refractivity contribution in [2.75, 3.05) is 7.11 Å². The molecule has 1 N–H and O–H groups in total. The van der Waals surface area contributed by atoms with Crippen LogP contribution in [0.25, 0.3) is 21.8 Å². The first kappa shape index (κ1) is 15.8. The summed E-state index contributed by atoms with van der Waals surface area (Å²) in [6, 6.07) is 8.27. The van der Waals surface area contributed by atoms with Gasteiger partial charge < -0.3 is 14.4 Å². The molecule has 0 amide bonds. The molecule has 0 aliphatic heterocycles. The maximum absolute atomic E-state index is 12.7. The van der Waals surface area contributed by atoms with E-state index in [4.69, 9.17) is 16.3 Å². The van der Waals surface area contributed by atoms with Crippen LogP contribution in [0.4, 0.5) is 0 Å². The Kier molecular flexibility index (Phi) is 4.04. The molecule has 118 valence electrons. The Labute approximate surface area is 144 Å². The number of carboxylic acids is 1. The first-order valence-electron chi connectivity index (χ1n) is 6.64. The number of carbonyl (C=O) groups is 1. The fourth-order valence-electron chi connectivity index (χ4n) is 2.68. The van der Waals surface area contributed by atoms with Gasteiger partial charge in [0.1, 0.15) is 6.54 Å². The number of fused-ring (bicyclic) bond motifs is 2. The Bertz CT molecular complexity index is 1010. The summed E-state index contributed by atoms with van der Waals surface area (Å²) < 4.78 is 7.59. The molecule has 0 saturated carbocycles. The minimum atomic E-state index is -1.03. The van der Waals surface area contributed by atoms with Crippen LogP contribution in [-0.2, 0) is 11.3 Å². The molecule has 0 spiro atoms. The Balaban J connectivity index is 2.64. The second kappa shape index (κ2) is 5.86. The lowest BCUT2D eigenvalue weighted by Crippen LogP contribution is -2.16. The number of hydrogen-bond acceptors (Lipinski definition) is 3. The van der Waals surface area contributed by atoms with E-state index in [0.29, 0.717) is 26.8 Å². The molecule has 0 atom stereocenters. The summed E-state index contributed by atoms with van der Waals surface area (Å²) in [7, 11) is 1.43. The second-order valence-electron chi connectivity index (χ2n) is 4.95. The Morgan fingerprint density at radius 3 is 2.65 bits per heavy atom. The lowest BCUT2D eigenvalue weighted by Gasteiger charge is -2.16. The molecule has 0 aliphatic carbocycles. The van der Waals surface area contributed by atoms with E-state index in [1.54, 1.807) is 30.3 Å². The van der Waals surface area contributed by atoms with E-state index in [1.807, 2.05) is 0 Å². The van der Waals surface area contributed by atoms with Gasteiger partial charge in [-0.05, 0) is 30.3 Å². The number of ether oxygens (including phenoxy) is 1. The number of benzene rings is 2. The highest BCUT2D eigenvalue weighted by atomic mass is 79.9. The van der Waals surface area contributed by atoms with Crippen LogP contribution in [-0.4, -0.2) is 22.8 Å². The third-order valence-corrected chi connectivity index (χ3v) is 4.38. The summed E-state index contributed by atoms with van der Waals surface area (Å²) in [5.41, 5.74) is 0.678. The summed E-state index contributed by atoms with van der Waals surface area (Å²) >= 11 is 9.50. The van der Waals surface area contributed by atoms with Gasteiger partial charge in [0.25, 0.3) is 0 Å². The number of halogens is 2. The second-order valence-corrected chi connectivity index (χ2v) is 6.27. The van der Waals surface area contributed by atoms with Crippen LogP contribution in [0.5, 0.6) is 5.75 Å². The molecule has 0 saturated heterocycles. The number of aromatic nitrogens is 1. The SMILES string of the molecule is COc1c(Cl)ccc2c(=O)c3ccc(Br)cc3n(CC(=O)O)c12. The monoisotopic (exact) mass is 395 g/mol. The van der Waals surface area contributed by atoms with Crippen molar-refractivity contribution in [1.29, 1.82) is 0 Å². The van der Waals surface area contributed by atoms with Crippen LogP contribution in [0.1, 0.15) is 0 Å². The van der Waals surface area contributed by atoms with E-state index in [0.717, 1.165) is 4.47 Å². The van der Waals surface area contributed by atoms with Gasteiger partial charge in [-0.15, -0.1) is 0 Å². The van der Waals surface area contributed by atoms with E-state index < -0.39 is 5.97 Å².